The second kappa shape index (κ2) is 3.59. The molecule has 2 heteroatoms. The van der Waals surface area contributed by atoms with E-state index in [2.05, 4.69) is 25.8 Å². The van der Waals surface area contributed by atoms with Crippen LogP contribution in [0.1, 0.15) is 26.7 Å². The van der Waals surface area contributed by atoms with Gasteiger partial charge in [0.15, 0.2) is 0 Å². The molecule has 0 radical (unpaired) electrons. The Morgan fingerprint density at radius 2 is 1.50 bits per heavy atom. The van der Waals surface area contributed by atoms with Crippen LogP contribution in [0.4, 0.5) is 0 Å². The Hall–Kier alpha value is 0.250. The van der Waals surface area contributed by atoms with Crippen molar-refractivity contribution in [1.82, 2.24) is 4.90 Å². The fraction of sp³-hybridized carbons (Fsp3) is 1.00. The first-order chi connectivity index (χ1) is 4.10. The first-order valence-corrected chi connectivity index (χ1v) is 3.79. The molecular weight excluding hydrogens is 146 g/mol. The molecule has 0 bridgehead atoms. The minimum absolute atomic E-state index is 0. The van der Waals surface area contributed by atoms with E-state index in [1.54, 1.807) is 0 Å². The third-order valence-corrected chi connectivity index (χ3v) is 2.34. The summed E-state index contributed by atoms with van der Waals surface area (Å²) in [5.41, 5.74) is 0.618. The topological polar surface area (TPSA) is 3.24 Å². The molecule has 0 aromatic heterocycles. The maximum atomic E-state index is 2.41. The van der Waals surface area contributed by atoms with Crippen LogP contribution in [-0.4, -0.2) is 25.0 Å². The summed E-state index contributed by atoms with van der Waals surface area (Å²) in [6.07, 6.45) is 2.73. The lowest BCUT2D eigenvalue weighted by atomic mass is 9.83. The predicted molar refractivity (Wildman–Crippen MR) is 47.8 cm³/mol. The minimum atomic E-state index is 0. The van der Waals surface area contributed by atoms with Crippen molar-refractivity contribution in [2.75, 3.05) is 20.1 Å². The average molecular weight is 164 g/mol. The molecule has 62 valence electrons. The monoisotopic (exact) mass is 163 g/mol. The second-order valence-corrected chi connectivity index (χ2v) is 3.97. The molecule has 1 saturated heterocycles. The van der Waals surface area contributed by atoms with Crippen molar-refractivity contribution in [3.05, 3.63) is 0 Å². The molecule has 0 aromatic rings. The smallest absolute Gasteiger partial charge is 0.00167 e. The number of likely N-dealkylation sites (tertiary alicyclic amines) is 1. The van der Waals surface area contributed by atoms with Crippen molar-refractivity contribution in [1.29, 1.82) is 0 Å². The Bertz CT molecular complexity index is 91.4. The van der Waals surface area contributed by atoms with Crippen LogP contribution in [0.2, 0.25) is 0 Å². The summed E-state index contributed by atoms with van der Waals surface area (Å²) in [6.45, 7) is 7.29. The van der Waals surface area contributed by atoms with E-state index in [-0.39, 0.29) is 12.4 Å². The second-order valence-electron chi connectivity index (χ2n) is 3.97. The van der Waals surface area contributed by atoms with Crippen LogP contribution >= 0.6 is 12.4 Å². The molecule has 0 aliphatic carbocycles. The number of rotatable bonds is 0. The van der Waals surface area contributed by atoms with E-state index in [1.807, 2.05) is 0 Å². The van der Waals surface area contributed by atoms with Gasteiger partial charge in [-0.25, -0.2) is 0 Å². The summed E-state index contributed by atoms with van der Waals surface area (Å²) in [5, 5.41) is 0. The summed E-state index contributed by atoms with van der Waals surface area (Å²) in [7, 11) is 2.20. The highest BCUT2D eigenvalue weighted by atomic mass is 35.5. The molecule has 1 rings (SSSR count). The van der Waals surface area contributed by atoms with Gasteiger partial charge in [-0.3, -0.25) is 0 Å². The van der Waals surface area contributed by atoms with E-state index < -0.39 is 0 Å². The Kier molecular flexibility index (Phi) is 3.68. The van der Waals surface area contributed by atoms with E-state index in [4.69, 9.17) is 0 Å². The fourth-order valence-electron chi connectivity index (χ4n) is 1.22. The van der Waals surface area contributed by atoms with Crippen LogP contribution in [0, 0.1) is 5.41 Å². The largest absolute Gasteiger partial charge is 0.306 e. The molecule has 1 aliphatic rings. The molecule has 10 heavy (non-hydrogen) atoms. The molecule has 0 saturated carbocycles. The van der Waals surface area contributed by atoms with Gasteiger partial charge in [-0.15, -0.1) is 12.4 Å². The zero-order valence-electron chi connectivity index (χ0n) is 7.18. The van der Waals surface area contributed by atoms with Gasteiger partial charge in [0.2, 0.25) is 0 Å². The van der Waals surface area contributed by atoms with Crippen LogP contribution < -0.4 is 0 Å². The van der Waals surface area contributed by atoms with E-state index in [9.17, 15) is 0 Å². The van der Waals surface area contributed by atoms with Gasteiger partial charge < -0.3 is 4.90 Å². The Morgan fingerprint density at radius 3 is 1.80 bits per heavy atom. The van der Waals surface area contributed by atoms with Crippen molar-refractivity contribution >= 4 is 12.4 Å². The number of hydrogen-bond acceptors (Lipinski definition) is 1. The van der Waals surface area contributed by atoms with Crippen molar-refractivity contribution in [2.24, 2.45) is 5.41 Å². The molecule has 1 fully saturated rings. The molecule has 0 spiro atoms. The average Bonchev–Trinajstić information content (AvgIpc) is 1.78. The van der Waals surface area contributed by atoms with Crippen molar-refractivity contribution in [2.45, 2.75) is 26.7 Å². The van der Waals surface area contributed by atoms with Gasteiger partial charge in [-0.05, 0) is 38.4 Å². The van der Waals surface area contributed by atoms with Crippen LogP contribution in [0.3, 0.4) is 0 Å². The van der Waals surface area contributed by atoms with E-state index in [0.717, 1.165) is 0 Å². The number of hydrogen-bond donors (Lipinski definition) is 0. The van der Waals surface area contributed by atoms with Gasteiger partial charge >= 0.3 is 0 Å². The van der Waals surface area contributed by atoms with Gasteiger partial charge in [-0.2, -0.15) is 0 Å². The van der Waals surface area contributed by atoms with E-state index in [1.165, 1.54) is 25.9 Å². The van der Waals surface area contributed by atoms with E-state index in [0.29, 0.717) is 5.41 Å². The normalized spacial score (nSPS) is 25.5. The van der Waals surface area contributed by atoms with Gasteiger partial charge in [-0.1, -0.05) is 13.8 Å². The highest BCUT2D eigenvalue weighted by Crippen LogP contribution is 2.28. The molecule has 1 aliphatic heterocycles. The summed E-state index contributed by atoms with van der Waals surface area (Å²) in [5.74, 6) is 0. The van der Waals surface area contributed by atoms with Gasteiger partial charge in [0, 0.05) is 0 Å². The first-order valence-electron chi connectivity index (χ1n) is 3.79. The van der Waals surface area contributed by atoms with Crippen LogP contribution in [0.5, 0.6) is 0 Å². The molecule has 0 amide bonds. The fourth-order valence-corrected chi connectivity index (χ4v) is 1.22. The lowest BCUT2D eigenvalue weighted by Gasteiger charge is -2.34. The standard InChI is InChI=1S/C8H17N.ClH/c1-8(2)4-6-9(3)7-5-8;/h4-7H2,1-3H3;1H. The molecule has 0 atom stereocenters. The third-order valence-electron chi connectivity index (χ3n) is 2.34. The van der Waals surface area contributed by atoms with Crippen molar-refractivity contribution in [3.8, 4) is 0 Å². The highest BCUT2D eigenvalue weighted by Gasteiger charge is 2.22. The van der Waals surface area contributed by atoms with Gasteiger partial charge in [0.25, 0.3) is 0 Å². The van der Waals surface area contributed by atoms with Crippen molar-refractivity contribution in [3.63, 3.8) is 0 Å². The summed E-state index contributed by atoms with van der Waals surface area (Å²) < 4.78 is 0. The number of halogens is 1. The van der Waals surface area contributed by atoms with E-state index >= 15 is 0 Å². The Morgan fingerprint density at radius 1 is 1.10 bits per heavy atom. The molecular formula is C8H18ClN. The molecule has 0 N–H and O–H groups in total. The lowest BCUT2D eigenvalue weighted by molar-refractivity contribution is 0.157. The Labute approximate surface area is 70.2 Å². The molecule has 1 heterocycles. The third kappa shape index (κ3) is 2.89. The summed E-state index contributed by atoms with van der Waals surface area (Å²) in [6, 6.07) is 0. The van der Waals surface area contributed by atoms with Gasteiger partial charge in [0.1, 0.15) is 0 Å². The van der Waals surface area contributed by atoms with Crippen LogP contribution in [-0.2, 0) is 0 Å². The Balaban J connectivity index is 0.000000810. The first kappa shape index (κ1) is 10.2. The summed E-state index contributed by atoms with van der Waals surface area (Å²) in [4.78, 5) is 2.41. The van der Waals surface area contributed by atoms with Crippen LogP contribution in [0.25, 0.3) is 0 Å². The maximum Gasteiger partial charge on any atom is -0.00167 e. The molecule has 0 unspecified atom stereocenters. The lowest BCUT2D eigenvalue weighted by Crippen LogP contribution is -2.34. The summed E-state index contributed by atoms with van der Waals surface area (Å²) >= 11 is 0. The minimum Gasteiger partial charge on any atom is -0.306 e. The predicted octanol–water partition coefficient (Wildman–Crippen LogP) is 2.16. The zero-order chi connectivity index (χ0) is 6.91. The van der Waals surface area contributed by atoms with Gasteiger partial charge in [0.05, 0.1) is 0 Å². The quantitative estimate of drug-likeness (QED) is 0.529. The highest BCUT2D eigenvalue weighted by molar-refractivity contribution is 5.85. The zero-order valence-corrected chi connectivity index (χ0v) is 8.00. The SMILES string of the molecule is CN1CCC(C)(C)CC1.Cl. The van der Waals surface area contributed by atoms with Crippen LogP contribution in [0.15, 0.2) is 0 Å². The molecule has 0 aromatic carbocycles. The maximum absolute atomic E-state index is 2.41. The molecule has 1 nitrogen and oxygen atoms in total. The number of nitrogens with zero attached hydrogens (tertiary/aromatic N) is 1. The number of piperidine rings is 1. The van der Waals surface area contributed by atoms with Crippen molar-refractivity contribution < 1.29 is 0 Å².